The van der Waals surface area contributed by atoms with Gasteiger partial charge >= 0.3 is 12.3 Å². The SMILES string of the molecule is NC(CCCCN=COC(F)(F)F)C(=O)O. The fourth-order valence-corrected chi connectivity index (χ4v) is 0.841. The van der Waals surface area contributed by atoms with Crippen LogP contribution in [0.2, 0.25) is 0 Å². The number of halogens is 3. The van der Waals surface area contributed by atoms with E-state index in [0.29, 0.717) is 19.2 Å². The molecule has 0 rings (SSSR count). The summed E-state index contributed by atoms with van der Waals surface area (Å²) < 4.78 is 37.6. The Morgan fingerprint density at radius 1 is 1.50 bits per heavy atom. The lowest BCUT2D eigenvalue weighted by molar-refractivity contribution is -0.280. The number of hydrogen-bond acceptors (Lipinski definition) is 4. The molecule has 8 heteroatoms. The van der Waals surface area contributed by atoms with Gasteiger partial charge in [0.25, 0.3) is 0 Å². The second-order valence-corrected chi connectivity index (χ2v) is 3.02. The minimum atomic E-state index is -4.71. The van der Waals surface area contributed by atoms with Crippen LogP contribution in [0.4, 0.5) is 13.2 Å². The van der Waals surface area contributed by atoms with Crippen molar-refractivity contribution >= 4 is 12.4 Å². The summed E-state index contributed by atoms with van der Waals surface area (Å²) in [6.07, 6.45) is -3.17. The number of aliphatic carboxylic acids is 1. The molecule has 1 unspecified atom stereocenters. The molecule has 16 heavy (non-hydrogen) atoms. The average Bonchev–Trinajstić information content (AvgIpc) is 2.14. The van der Waals surface area contributed by atoms with E-state index in [1.54, 1.807) is 0 Å². The lowest BCUT2D eigenvalue weighted by Gasteiger charge is -2.04. The van der Waals surface area contributed by atoms with Crippen molar-refractivity contribution in [1.29, 1.82) is 0 Å². The number of carbonyl (C=O) groups is 1. The Balaban J connectivity index is 3.44. The predicted octanol–water partition coefficient (Wildman–Crippen LogP) is 1.13. The maximum Gasteiger partial charge on any atom is 0.573 e. The first-order valence-electron chi connectivity index (χ1n) is 4.54. The lowest BCUT2D eigenvalue weighted by Crippen LogP contribution is -2.29. The molecule has 5 nitrogen and oxygen atoms in total. The summed E-state index contributed by atoms with van der Waals surface area (Å²) in [7, 11) is 0. The van der Waals surface area contributed by atoms with Gasteiger partial charge in [0.2, 0.25) is 0 Å². The molecule has 0 aromatic rings. The number of rotatable bonds is 7. The summed E-state index contributed by atoms with van der Waals surface area (Å²) in [5, 5.41) is 8.41. The first kappa shape index (κ1) is 14.7. The molecule has 0 aliphatic rings. The van der Waals surface area contributed by atoms with Gasteiger partial charge in [0.15, 0.2) is 6.40 Å². The molecule has 3 N–H and O–H groups in total. The maximum absolute atomic E-state index is 11.4. The number of aliphatic imine (C=N–C) groups is 1. The molecule has 1 atom stereocenters. The van der Waals surface area contributed by atoms with Gasteiger partial charge in [-0.2, -0.15) is 0 Å². The molecule has 0 aliphatic carbocycles. The Kier molecular flexibility index (Phi) is 6.47. The number of nitrogens with two attached hydrogens (primary N) is 1. The standard InChI is InChI=1S/C8H13F3N2O3/c9-8(10,11)16-5-13-4-2-1-3-6(12)7(14)15/h5-6H,1-4,12H2,(H,14,15). The van der Waals surface area contributed by atoms with E-state index in [-0.39, 0.29) is 13.0 Å². The summed E-state index contributed by atoms with van der Waals surface area (Å²) in [6, 6.07) is -0.935. The number of carboxylic acid groups (broad SMARTS) is 1. The van der Waals surface area contributed by atoms with Crippen molar-refractivity contribution < 1.29 is 27.8 Å². The Hall–Kier alpha value is -1.31. The van der Waals surface area contributed by atoms with Gasteiger partial charge < -0.3 is 15.6 Å². The highest BCUT2D eigenvalue weighted by Gasteiger charge is 2.29. The largest absolute Gasteiger partial charge is 0.573 e. The molecule has 0 aromatic carbocycles. The number of nitrogens with zero attached hydrogens (tertiary/aromatic N) is 1. The van der Waals surface area contributed by atoms with E-state index in [0.717, 1.165) is 0 Å². The van der Waals surface area contributed by atoms with E-state index in [4.69, 9.17) is 10.8 Å². The van der Waals surface area contributed by atoms with Crippen molar-refractivity contribution in [3.8, 4) is 0 Å². The van der Waals surface area contributed by atoms with Crippen molar-refractivity contribution in [1.82, 2.24) is 0 Å². The summed E-state index contributed by atoms with van der Waals surface area (Å²) in [5.41, 5.74) is 5.20. The summed E-state index contributed by atoms with van der Waals surface area (Å²) in [6.45, 7) is 0.141. The molecule has 0 fully saturated rings. The molecule has 94 valence electrons. The fourth-order valence-electron chi connectivity index (χ4n) is 0.841. The number of carboxylic acids is 1. The first-order valence-corrected chi connectivity index (χ1v) is 4.54. The molecule has 0 bridgehead atoms. The minimum absolute atomic E-state index is 0.141. The molecule has 0 aromatic heterocycles. The third-order valence-electron chi connectivity index (χ3n) is 1.63. The topological polar surface area (TPSA) is 84.9 Å². The van der Waals surface area contributed by atoms with E-state index in [1.165, 1.54) is 0 Å². The maximum atomic E-state index is 11.4. The highest BCUT2D eigenvalue weighted by atomic mass is 19.4. The Labute approximate surface area is 90.1 Å². The Morgan fingerprint density at radius 2 is 2.12 bits per heavy atom. The van der Waals surface area contributed by atoms with Gasteiger partial charge in [-0.15, -0.1) is 13.2 Å². The predicted molar refractivity (Wildman–Crippen MR) is 50.0 cm³/mol. The van der Waals surface area contributed by atoms with Gasteiger partial charge in [-0.05, 0) is 19.3 Å². The van der Waals surface area contributed by atoms with E-state index in [9.17, 15) is 18.0 Å². The molecule has 0 spiro atoms. The molecule has 0 radical (unpaired) electrons. The zero-order valence-electron chi connectivity index (χ0n) is 8.41. The highest BCUT2D eigenvalue weighted by Crippen LogP contribution is 2.14. The van der Waals surface area contributed by atoms with Gasteiger partial charge in [0.05, 0.1) is 0 Å². The van der Waals surface area contributed by atoms with E-state index in [1.807, 2.05) is 0 Å². The van der Waals surface area contributed by atoms with Crippen LogP contribution in [0.5, 0.6) is 0 Å². The second kappa shape index (κ2) is 7.04. The van der Waals surface area contributed by atoms with Crippen LogP contribution in [-0.2, 0) is 9.53 Å². The van der Waals surface area contributed by atoms with Crippen LogP contribution in [-0.4, -0.2) is 36.4 Å². The first-order chi connectivity index (χ1) is 7.33. The van der Waals surface area contributed by atoms with Crippen molar-refractivity contribution in [2.75, 3.05) is 6.54 Å². The Morgan fingerprint density at radius 3 is 2.62 bits per heavy atom. The van der Waals surface area contributed by atoms with Crippen LogP contribution in [0.1, 0.15) is 19.3 Å². The zero-order valence-corrected chi connectivity index (χ0v) is 8.41. The van der Waals surface area contributed by atoms with Crippen LogP contribution < -0.4 is 5.73 Å². The number of alkyl halides is 3. The zero-order chi connectivity index (χ0) is 12.6. The van der Waals surface area contributed by atoms with Crippen LogP contribution >= 0.6 is 0 Å². The summed E-state index contributed by atoms with van der Waals surface area (Å²) in [5.74, 6) is -1.09. The van der Waals surface area contributed by atoms with E-state index < -0.39 is 18.4 Å². The van der Waals surface area contributed by atoms with Gasteiger partial charge in [-0.25, -0.2) is 0 Å². The van der Waals surface area contributed by atoms with E-state index >= 15 is 0 Å². The van der Waals surface area contributed by atoms with Gasteiger partial charge in [-0.3, -0.25) is 9.79 Å². The third kappa shape index (κ3) is 9.25. The second-order valence-electron chi connectivity index (χ2n) is 3.02. The summed E-state index contributed by atoms with van der Waals surface area (Å²) in [4.78, 5) is 13.6. The van der Waals surface area contributed by atoms with Crippen LogP contribution in [0.25, 0.3) is 0 Å². The van der Waals surface area contributed by atoms with Crippen LogP contribution in [0.15, 0.2) is 4.99 Å². The average molecular weight is 242 g/mol. The van der Waals surface area contributed by atoms with Crippen LogP contribution in [0.3, 0.4) is 0 Å². The quantitative estimate of drug-likeness (QED) is 0.398. The van der Waals surface area contributed by atoms with Gasteiger partial charge in [0.1, 0.15) is 6.04 Å². The number of ether oxygens (including phenoxy) is 1. The highest BCUT2D eigenvalue weighted by molar-refractivity contribution is 5.72. The fraction of sp³-hybridized carbons (Fsp3) is 0.750. The van der Waals surface area contributed by atoms with Gasteiger partial charge in [-0.1, -0.05) is 0 Å². The molecular weight excluding hydrogens is 229 g/mol. The van der Waals surface area contributed by atoms with Crippen molar-refractivity contribution in [3.63, 3.8) is 0 Å². The normalized spacial score (nSPS) is 14.0. The molecule has 0 amide bonds. The lowest BCUT2D eigenvalue weighted by atomic mass is 10.1. The minimum Gasteiger partial charge on any atom is -0.480 e. The summed E-state index contributed by atoms with van der Waals surface area (Å²) >= 11 is 0. The molecule has 0 aliphatic heterocycles. The Bertz CT molecular complexity index is 243. The molecule has 0 saturated carbocycles. The number of hydrogen-bond donors (Lipinski definition) is 2. The molecule has 0 saturated heterocycles. The van der Waals surface area contributed by atoms with Crippen LogP contribution in [0, 0.1) is 0 Å². The number of unbranched alkanes of at least 4 members (excludes halogenated alkanes) is 1. The van der Waals surface area contributed by atoms with Crippen molar-refractivity contribution in [2.45, 2.75) is 31.7 Å². The van der Waals surface area contributed by atoms with Crippen molar-refractivity contribution in [3.05, 3.63) is 0 Å². The van der Waals surface area contributed by atoms with Gasteiger partial charge in [0, 0.05) is 6.54 Å². The molecule has 0 heterocycles. The smallest absolute Gasteiger partial charge is 0.480 e. The van der Waals surface area contributed by atoms with E-state index in [2.05, 4.69) is 9.73 Å². The third-order valence-corrected chi connectivity index (χ3v) is 1.63. The molecular formula is C8H13F3N2O3. The van der Waals surface area contributed by atoms with Crippen molar-refractivity contribution in [2.24, 2.45) is 10.7 Å². The monoisotopic (exact) mass is 242 g/mol.